The molecule has 0 atom stereocenters. The maximum Gasteiger partial charge on any atom is 0.234 e. The Kier molecular flexibility index (Phi) is 6.17. The Labute approximate surface area is 200 Å². The highest BCUT2D eigenvalue weighted by atomic mass is 16.5. The SMILES string of the molecule is COc1cccc2c(C)cc(N3CCN(C(=O)C(c4ccccc4)c4ccccc4)CC3)nc12. The van der Waals surface area contributed by atoms with Gasteiger partial charge in [-0.25, -0.2) is 4.98 Å². The number of carbonyl (C=O) groups excluding carboxylic acids is 1. The third-order valence-corrected chi connectivity index (χ3v) is 6.64. The van der Waals surface area contributed by atoms with Gasteiger partial charge in [-0.15, -0.1) is 0 Å². The monoisotopic (exact) mass is 451 g/mol. The minimum atomic E-state index is -0.292. The number of ether oxygens (including phenoxy) is 1. The summed E-state index contributed by atoms with van der Waals surface area (Å²) >= 11 is 0. The third kappa shape index (κ3) is 4.21. The van der Waals surface area contributed by atoms with Crippen molar-refractivity contribution in [3.05, 3.63) is 102 Å². The number of methoxy groups -OCH3 is 1. The zero-order valence-electron chi connectivity index (χ0n) is 19.6. The van der Waals surface area contributed by atoms with Crippen LogP contribution in [0.5, 0.6) is 5.75 Å². The summed E-state index contributed by atoms with van der Waals surface area (Å²) in [5, 5.41) is 1.10. The maximum absolute atomic E-state index is 13.7. The van der Waals surface area contributed by atoms with E-state index < -0.39 is 0 Å². The molecule has 172 valence electrons. The molecule has 5 nitrogen and oxygen atoms in total. The summed E-state index contributed by atoms with van der Waals surface area (Å²) in [5.74, 6) is 1.58. The summed E-state index contributed by atoms with van der Waals surface area (Å²) < 4.78 is 5.55. The number of para-hydroxylation sites is 1. The Morgan fingerprint density at radius 2 is 1.47 bits per heavy atom. The lowest BCUT2D eigenvalue weighted by molar-refractivity contribution is -0.132. The zero-order valence-corrected chi connectivity index (χ0v) is 19.6. The lowest BCUT2D eigenvalue weighted by Gasteiger charge is -2.37. The van der Waals surface area contributed by atoms with Gasteiger partial charge in [0, 0.05) is 31.6 Å². The number of pyridine rings is 1. The largest absolute Gasteiger partial charge is 0.494 e. The van der Waals surface area contributed by atoms with Gasteiger partial charge >= 0.3 is 0 Å². The van der Waals surface area contributed by atoms with Crippen molar-refractivity contribution in [2.45, 2.75) is 12.8 Å². The number of amides is 1. The van der Waals surface area contributed by atoms with E-state index in [4.69, 9.17) is 9.72 Å². The van der Waals surface area contributed by atoms with Gasteiger partial charge < -0.3 is 14.5 Å². The Morgan fingerprint density at radius 1 is 0.853 bits per heavy atom. The second-order valence-electron chi connectivity index (χ2n) is 8.72. The molecule has 5 heteroatoms. The quantitative estimate of drug-likeness (QED) is 0.427. The number of nitrogens with zero attached hydrogens (tertiary/aromatic N) is 3. The predicted molar refractivity (Wildman–Crippen MR) is 137 cm³/mol. The summed E-state index contributed by atoms with van der Waals surface area (Å²) in [5.41, 5.74) is 4.11. The number of rotatable bonds is 5. The molecule has 1 aromatic heterocycles. The Hall–Kier alpha value is -3.86. The molecule has 0 bridgehead atoms. The van der Waals surface area contributed by atoms with Gasteiger partial charge in [-0.05, 0) is 35.7 Å². The van der Waals surface area contributed by atoms with Crippen LogP contribution in [0.2, 0.25) is 0 Å². The molecule has 4 aromatic rings. The molecule has 1 saturated heterocycles. The number of aryl methyl sites for hydroxylation is 1. The molecular weight excluding hydrogens is 422 g/mol. The van der Waals surface area contributed by atoms with E-state index in [0.29, 0.717) is 13.1 Å². The smallest absolute Gasteiger partial charge is 0.234 e. The molecule has 2 heterocycles. The molecule has 1 aliphatic rings. The first kappa shape index (κ1) is 22.0. The van der Waals surface area contributed by atoms with Gasteiger partial charge in [0.1, 0.15) is 17.1 Å². The summed E-state index contributed by atoms with van der Waals surface area (Å²) in [6.45, 7) is 4.93. The van der Waals surface area contributed by atoms with E-state index in [2.05, 4.69) is 24.0 Å². The van der Waals surface area contributed by atoms with Gasteiger partial charge in [0.2, 0.25) is 5.91 Å². The van der Waals surface area contributed by atoms with Crippen LogP contribution < -0.4 is 9.64 Å². The molecule has 1 fully saturated rings. The molecule has 0 radical (unpaired) electrons. The summed E-state index contributed by atoms with van der Waals surface area (Å²) in [6, 6.07) is 28.3. The van der Waals surface area contributed by atoms with E-state index in [1.807, 2.05) is 77.7 Å². The molecule has 0 N–H and O–H groups in total. The van der Waals surface area contributed by atoms with Crippen molar-refractivity contribution in [1.82, 2.24) is 9.88 Å². The van der Waals surface area contributed by atoms with E-state index in [0.717, 1.165) is 46.7 Å². The van der Waals surface area contributed by atoms with Crippen molar-refractivity contribution in [2.24, 2.45) is 0 Å². The lowest BCUT2D eigenvalue weighted by Crippen LogP contribution is -2.50. The van der Waals surface area contributed by atoms with Gasteiger partial charge in [-0.1, -0.05) is 72.8 Å². The van der Waals surface area contributed by atoms with Crippen molar-refractivity contribution >= 4 is 22.6 Å². The molecule has 5 rings (SSSR count). The number of piperazine rings is 1. The van der Waals surface area contributed by atoms with Gasteiger partial charge in [0.25, 0.3) is 0 Å². The van der Waals surface area contributed by atoms with Gasteiger partial charge in [-0.3, -0.25) is 4.79 Å². The van der Waals surface area contributed by atoms with Crippen molar-refractivity contribution < 1.29 is 9.53 Å². The normalized spacial score (nSPS) is 14.0. The fourth-order valence-electron chi connectivity index (χ4n) is 4.81. The Bertz CT molecular complexity index is 1240. The molecule has 0 aliphatic carbocycles. The number of hydrogen-bond acceptors (Lipinski definition) is 4. The van der Waals surface area contributed by atoms with Crippen LogP contribution in [-0.4, -0.2) is 49.1 Å². The van der Waals surface area contributed by atoms with Crippen LogP contribution in [0, 0.1) is 6.92 Å². The standard InChI is InChI=1S/C29H29N3O2/c1-21-20-26(30-28-24(21)14-9-15-25(28)34-2)31-16-18-32(19-17-31)29(33)27(22-10-5-3-6-11-22)23-12-7-4-8-13-23/h3-15,20,27H,16-19H2,1-2H3. The summed E-state index contributed by atoms with van der Waals surface area (Å²) in [6.07, 6.45) is 0. The summed E-state index contributed by atoms with van der Waals surface area (Å²) in [4.78, 5) is 22.9. The minimum Gasteiger partial charge on any atom is -0.494 e. The first-order valence-corrected chi connectivity index (χ1v) is 11.7. The number of fused-ring (bicyclic) bond motifs is 1. The Balaban J connectivity index is 1.37. The summed E-state index contributed by atoms with van der Waals surface area (Å²) in [7, 11) is 1.68. The van der Waals surface area contributed by atoms with E-state index in [-0.39, 0.29) is 11.8 Å². The number of hydrogen-bond donors (Lipinski definition) is 0. The van der Waals surface area contributed by atoms with Crippen molar-refractivity contribution in [3.8, 4) is 5.75 Å². The van der Waals surface area contributed by atoms with Crippen LogP contribution in [0.15, 0.2) is 84.9 Å². The first-order valence-electron chi connectivity index (χ1n) is 11.7. The van der Waals surface area contributed by atoms with Crippen molar-refractivity contribution in [2.75, 3.05) is 38.2 Å². The number of benzene rings is 3. The average molecular weight is 452 g/mol. The number of aromatic nitrogens is 1. The van der Waals surface area contributed by atoms with Crippen LogP contribution >= 0.6 is 0 Å². The molecule has 0 unspecified atom stereocenters. The second kappa shape index (κ2) is 9.56. The maximum atomic E-state index is 13.7. The highest BCUT2D eigenvalue weighted by molar-refractivity contribution is 5.89. The highest BCUT2D eigenvalue weighted by Crippen LogP contribution is 2.31. The van der Waals surface area contributed by atoms with Gasteiger partial charge in [0.15, 0.2) is 0 Å². The van der Waals surface area contributed by atoms with Crippen LogP contribution in [0.1, 0.15) is 22.6 Å². The first-order chi connectivity index (χ1) is 16.7. The second-order valence-corrected chi connectivity index (χ2v) is 8.72. The zero-order chi connectivity index (χ0) is 23.5. The van der Waals surface area contributed by atoms with Crippen molar-refractivity contribution in [1.29, 1.82) is 0 Å². The molecule has 1 amide bonds. The van der Waals surface area contributed by atoms with E-state index in [1.165, 1.54) is 5.56 Å². The van der Waals surface area contributed by atoms with Crippen LogP contribution in [0.3, 0.4) is 0 Å². The Morgan fingerprint density at radius 3 is 2.06 bits per heavy atom. The molecule has 1 aliphatic heterocycles. The molecule has 0 spiro atoms. The van der Waals surface area contributed by atoms with E-state index >= 15 is 0 Å². The molecule has 0 saturated carbocycles. The fourth-order valence-corrected chi connectivity index (χ4v) is 4.81. The minimum absolute atomic E-state index is 0.154. The highest BCUT2D eigenvalue weighted by Gasteiger charge is 2.30. The average Bonchev–Trinajstić information content (AvgIpc) is 2.90. The van der Waals surface area contributed by atoms with Gasteiger partial charge in [-0.2, -0.15) is 0 Å². The topological polar surface area (TPSA) is 45.7 Å². The predicted octanol–water partition coefficient (Wildman–Crippen LogP) is 5.03. The van der Waals surface area contributed by atoms with Crippen LogP contribution in [0.25, 0.3) is 10.9 Å². The van der Waals surface area contributed by atoms with Crippen LogP contribution in [0.4, 0.5) is 5.82 Å². The molecule has 34 heavy (non-hydrogen) atoms. The van der Waals surface area contributed by atoms with E-state index in [9.17, 15) is 4.79 Å². The lowest BCUT2D eigenvalue weighted by atomic mass is 9.90. The molecular formula is C29H29N3O2. The van der Waals surface area contributed by atoms with Gasteiger partial charge in [0.05, 0.1) is 13.0 Å². The number of carbonyl (C=O) groups is 1. The third-order valence-electron chi connectivity index (χ3n) is 6.64. The van der Waals surface area contributed by atoms with Crippen LogP contribution in [-0.2, 0) is 4.79 Å². The molecule has 3 aromatic carbocycles. The number of anilines is 1. The fraction of sp³-hybridized carbons (Fsp3) is 0.241. The van der Waals surface area contributed by atoms with E-state index in [1.54, 1.807) is 7.11 Å². The van der Waals surface area contributed by atoms with Crippen molar-refractivity contribution in [3.63, 3.8) is 0 Å².